The Bertz CT molecular complexity index is 1450. The maximum absolute atomic E-state index is 13.2. The van der Waals surface area contributed by atoms with Gasteiger partial charge in [-0.2, -0.15) is 5.10 Å². The van der Waals surface area contributed by atoms with Crippen LogP contribution in [0.3, 0.4) is 0 Å². The molecule has 200 valence electrons. The van der Waals surface area contributed by atoms with Gasteiger partial charge in [-0.1, -0.05) is 58.4 Å². The molecule has 4 rings (SSSR count). The summed E-state index contributed by atoms with van der Waals surface area (Å²) in [7, 11) is 0. The molecule has 0 spiro atoms. The summed E-state index contributed by atoms with van der Waals surface area (Å²) in [5.41, 5.74) is 5.37. The van der Waals surface area contributed by atoms with E-state index >= 15 is 0 Å². The predicted molar refractivity (Wildman–Crippen MR) is 156 cm³/mol. The maximum Gasteiger partial charge on any atom is 0.271 e. The van der Waals surface area contributed by atoms with Gasteiger partial charge in [-0.3, -0.25) is 4.79 Å². The molecule has 4 aromatic rings. The van der Waals surface area contributed by atoms with Crippen LogP contribution in [0.1, 0.15) is 34.0 Å². The molecule has 0 unspecified atom stereocenters. The largest absolute Gasteiger partial charge is 0.490 e. The van der Waals surface area contributed by atoms with Gasteiger partial charge in [-0.05, 0) is 76.4 Å². The van der Waals surface area contributed by atoms with Crippen LogP contribution < -0.4 is 19.6 Å². The lowest BCUT2D eigenvalue weighted by molar-refractivity contribution is 0.0954. The Morgan fingerprint density at radius 1 is 0.872 bits per heavy atom. The van der Waals surface area contributed by atoms with Gasteiger partial charge in [-0.15, -0.1) is 0 Å². The number of nitrogens with one attached hydrogen (secondary N) is 1. The van der Waals surface area contributed by atoms with E-state index in [1.165, 1.54) is 18.3 Å². The summed E-state index contributed by atoms with van der Waals surface area (Å²) in [6, 6.07) is 24.5. The highest BCUT2D eigenvalue weighted by atomic mass is 79.9. The Labute approximate surface area is 243 Å². The molecule has 6 nitrogen and oxygen atoms in total. The van der Waals surface area contributed by atoms with Crippen molar-refractivity contribution in [1.82, 2.24) is 5.43 Å². The molecule has 0 aliphatic carbocycles. The van der Waals surface area contributed by atoms with E-state index in [-0.39, 0.29) is 12.4 Å². The Morgan fingerprint density at radius 2 is 1.59 bits per heavy atom. The minimum Gasteiger partial charge on any atom is -0.490 e. The first-order valence-corrected chi connectivity index (χ1v) is 13.6. The van der Waals surface area contributed by atoms with Crippen molar-refractivity contribution >= 4 is 44.0 Å². The number of halogens is 3. The summed E-state index contributed by atoms with van der Waals surface area (Å²) >= 11 is 6.97. The number of benzene rings is 4. The number of amides is 1. The number of nitrogens with zero attached hydrogens (tertiary/aromatic N) is 1. The van der Waals surface area contributed by atoms with Crippen LogP contribution in [0.2, 0.25) is 0 Å². The van der Waals surface area contributed by atoms with Crippen LogP contribution in [0.15, 0.2) is 99.0 Å². The zero-order chi connectivity index (χ0) is 27.6. The molecule has 4 aromatic carbocycles. The van der Waals surface area contributed by atoms with Gasteiger partial charge in [0, 0.05) is 15.6 Å². The van der Waals surface area contributed by atoms with E-state index in [2.05, 4.69) is 42.4 Å². The fourth-order valence-electron chi connectivity index (χ4n) is 3.56. The smallest absolute Gasteiger partial charge is 0.271 e. The molecule has 39 heavy (non-hydrogen) atoms. The Kier molecular flexibility index (Phi) is 10.1. The second kappa shape index (κ2) is 13.9. The lowest BCUT2D eigenvalue weighted by Gasteiger charge is -2.13. The van der Waals surface area contributed by atoms with Gasteiger partial charge in [-0.25, -0.2) is 9.82 Å². The lowest BCUT2D eigenvalue weighted by atomic mass is 10.2. The fourth-order valence-corrected chi connectivity index (χ4v) is 4.93. The molecular weight excluding hydrogens is 631 g/mol. The van der Waals surface area contributed by atoms with E-state index < -0.39 is 5.91 Å². The molecule has 1 amide bonds. The van der Waals surface area contributed by atoms with E-state index in [0.717, 1.165) is 15.6 Å². The van der Waals surface area contributed by atoms with Gasteiger partial charge in [0.2, 0.25) is 0 Å². The average Bonchev–Trinajstić information content (AvgIpc) is 2.93. The molecule has 0 saturated carbocycles. The van der Waals surface area contributed by atoms with Crippen LogP contribution in [-0.4, -0.2) is 18.7 Å². The summed E-state index contributed by atoms with van der Waals surface area (Å²) in [6.45, 7) is 2.89. The zero-order valence-corrected chi connectivity index (χ0v) is 24.2. The first-order chi connectivity index (χ1) is 18.9. The van der Waals surface area contributed by atoms with Crippen LogP contribution in [0.5, 0.6) is 17.2 Å². The minimum atomic E-state index is -0.412. The molecule has 0 aliphatic heterocycles. The van der Waals surface area contributed by atoms with Crippen molar-refractivity contribution in [3.63, 3.8) is 0 Å². The normalized spacial score (nSPS) is 10.9. The first kappa shape index (κ1) is 28.3. The number of hydrazone groups is 1. The quantitative estimate of drug-likeness (QED) is 0.133. The Morgan fingerprint density at radius 3 is 2.33 bits per heavy atom. The van der Waals surface area contributed by atoms with Crippen molar-refractivity contribution < 1.29 is 23.4 Å². The zero-order valence-electron chi connectivity index (χ0n) is 21.0. The van der Waals surface area contributed by atoms with Gasteiger partial charge in [0.1, 0.15) is 24.8 Å². The van der Waals surface area contributed by atoms with Gasteiger partial charge < -0.3 is 14.2 Å². The third-order valence-corrected chi connectivity index (χ3v) is 6.49. The molecule has 1 N–H and O–H groups in total. The first-order valence-electron chi connectivity index (χ1n) is 12.1. The lowest BCUT2D eigenvalue weighted by Crippen LogP contribution is -2.18. The third kappa shape index (κ3) is 8.15. The molecule has 0 aromatic heterocycles. The topological polar surface area (TPSA) is 69.2 Å². The predicted octanol–water partition coefficient (Wildman–Crippen LogP) is 7.67. The van der Waals surface area contributed by atoms with Crippen molar-refractivity contribution in [3.05, 3.63) is 122 Å². The van der Waals surface area contributed by atoms with Gasteiger partial charge >= 0.3 is 0 Å². The number of hydrogen-bond donors (Lipinski definition) is 1. The van der Waals surface area contributed by atoms with E-state index in [1.807, 2.05) is 49.4 Å². The summed E-state index contributed by atoms with van der Waals surface area (Å²) in [6.07, 6.45) is 1.49. The van der Waals surface area contributed by atoms with E-state index in [1.54, 1.807) is 30.3 Å². The highest BCUT2D eigenvalue weighted by Crippen LogP contribution is 2.33. The van der Waals surface area contributed by atoms with Crippen LogP contribution in [0.4, 0.5) is 4.39 Å². The van der Waals surface area contributed by atoms with Crippen LogP contribution >= 0.6 is 31.9 Å². The SMILES string of the molecule is CCOc1cc(C(=O)N/N=C/c2cc(Br)cc(Br)c2OCc2ccc(F)cc2)ccc1OCc1ccccc1. The van der Waals surface area contributed by atoms with E-state index in [0.29, 0.717) is 46.1 Å². The molecule has 0 atom stereocenters. The van der Waals surface area contributed by atoms with Crippen molar-refractivity contribution in [2.75, 3.05) is 6.61 Å². The van der Waals surface area contributed by atoms with Crippen LogP contribution in [0.25, 0.3) is 0 Å². The molecule has 0 heterocycles. The molecular formula is C30H25Br2FN2O4. The van der Waals surface area contributed by atoms with Gasteiger partial charge in [0.05, 0.1) is 17.3 Å². The molecule has 0 aliphatic rings. The molecule has 9 heteroatoms. The maximum atomic E-state index is 13.2. The third-order valence-electron chi connectivity index (χ3n) is 5.45. The number of hydrogen-bond acceptors (Lipinski definition) is 5. The molecule has 0 radical (unpaired) electrons. The van der Waals surface area contributed by atoms with Crippen molar-refractivity contribution in [2.45, 2.75) is 20.1 Å². The van der Waals surface area contributed by atoms with Gasteiger partial charge in [0.15, 0.2) is 11.5 Å². The van der Waals surface area contributed by atoms with Crippen molar-refractivity contribution in [3.8, 4) is 17.2 Å². The standard InChI is InChI=1S/C30H25Br2FN2O4/c1-2-37-28-15-22(10-13-27(28)38-18-20-6-4-3-5-7-20)30(36)35-34-17-23-14-24(31)16-26(32)29(23)39-19-21-8-11-25(33)12-9-21/h3-17H,2,18-19H2,1H3,(H,35,36)/b34-17+. The van der Waals surface area contributed by atoms with Crippen LogP contribution in [0, 0.1) is 5.82 Å². The van der Waals surface area contributed by atoms with E-state index in [9.17, 15) is 9.18 Å². The van der Waals surface area contributed by atoms with Crippen LogP contribution in [-0.2, 0) is 13.2 Å². The van der Waals surface area contributed by atoms with Crippen molar-refractivity contribution in [2.24, 2.45) is 5.10 Å². The molecule has 0 saturated heterocycles. The minimum absolute atomic E-state index is 0.229. The molecule has 0 bridgehead atoms. The highest BCUT2D eigenvalue weighted by molar-refractivity contribution is 9.11. The van der Waals surface area contributed by atoms with Gasteiger partial charge in [0.25, 0.3) is 5.91 Å². The number of ether oxygens (including phenoxy) is 3. The Hall–Kier alpha value is -3.69. The average molecular weight is 656 g/mol. The monoisotopic (exact) mass is 654 g/mol. The second-order valence-electron chi connectivity index (χ2n) is 8.29. The summed E-state index contributed by atoms with van der Waals surface area (Å²) in [5, 5.41) is 4.13. The van der Waals surface area contributed by atoms with E-state index in [4.69, 9.17) is 14.2 Å². The molecule has 0 fully saturated rings. The second-order valence-corrected chi connectivity index (χ2v) is 10.1. The number of rotatable bonds is 11. The highest BCUT2D eigenvalue weighted by Gasteiger charge is 2.13. The summed E-state index contributed by atoms with van der Waals surface area (Å²) in [4.78, 5) is 12.8. The fraction of sp³-hybridized carbons (Fsp3) is 0.133. The summed E-state index contributed by atoms with van der Waals surface area (Å²) < 4.78 is 32.3. The summed E-state index contributed by atoms with van der Waals surface area (Å²) in [5.74, 6) is 0.818. The number of carbonyl (C=O) groups is 1. The van der Waals surface area contributed by atoms with Crippen molar-refractivity contribution in [1.29, 1.82) is 0 Å². The number of carbonyl (C=O) groups excluding carboxylic acids is 1. The Balaban J connectivity index is 1.44.